The van der Waals surface area contributed by atoms with E-state index in [1.165, 1.54) is 0 Å². The van der Waals surface area contributed by atoms with Crippen LogP contribution in [-0.2, 0) is 40.8 Å². The van der Waals surface area contributed by atoms with Crippen molar-refractivity contribution in [3.05, 3.63) is 0 Å². The van der Waals surface area contributed by atoms with E-state index in [2.05, 4.69) is 0 Å². The van der Waals surface area contributed by atoms with E-state index in [1.807, 2.05) is 27.7 Å². The summed E-state index contributed by atoms with van der Waals surface area (Å²) in [7, 11) is 0. The first-order valence-electron chi connectivity index (χ1n) is 4.95. The molecule has 0 spiro atoms. The molecule has 0 heterocycles. The molecule has 0 atom stereocenters. The topological polar surface area (TPSA) is 38.4 Å². The third kappa shape index (κ3) is 10.8. The van der Waals surface area contributed by atoms with E-state index in [1.54, 1.807) is 0 Å². The molecule has 4 heteroatoms. The van der Waals surface area contributed by atoms with Gasteiger partial charge in [-0.15, -0.1) is 0 Å². The van der Waals surface area contributed by atoms with Gasteiger partial charge in [-0.05, 0) is 34.1 Å². The molecule has 0 aromatic heterocycles. The number of rotatable bonds is 7. The monoisotopic (exact) mass is 279 g/mol. The Balaban J connectivity index is 0. The van der Waals surface area contributed by atoms with Crippen molar-refractivity contribution >= 4 is 0 Å². The summed E-state index contributed by atoms with van der Waals surface area (Å²) in [5.74, 6) is 0. The molecule has 0 amide bonds. The maximum atomic E-state index is 10.3. The zero-order valence-corrected chi connectivity index (χ0v) is 12.0. The van der Waals surface area contributed by atoms with Crippen LogP contribution in [0.4, 0.5) is 0 Å². The van der Waals surface area contributed by atoms with Crippen molar-refractivity contribution in [2.75, 3.05) is 6.61 Å². The van der Waals surface area contributed by atoms with Gasteiger partial charge in [-0.1, -0.05) is 0 Å². The van der Waals surface area contributed by atoms with E-state index in [9.17, 15) is 5.11 Å². The van der Waals surface area contributed by atoms with Crippen LogP contribution >= 0.6 is 0 Å². The van der Waals surface area contributed by atoms with Crippen LogP contribution in [0.2, 0.25) is 0 Å². The Morgan fingerprint density at radius 2 is 1.43 bits per heavy atom. The Labute approximate surface area is 106 Å². The predicted molar refractivity (Wildman–Crippen MR) is 51.0 cm³/mol. The summed E-state index contributed by atoms with van der Waals surface area (Å²) in [5.41, 5.74) is 0. The molecule has 0 N–H and O–H groups in total. The van der Waals surface area contributed by atoms with E-state index >= 15 is 0 Å². The van der Waals surface area contributed by atoms with Gasteiger partial charge in [0.15, 0.2) is 6.29 Å². The third-order valence-corrected chi connectivity index (χ3v) is 1.43. The first-order valence-corrected chi connectivity index (χ1v) is 4.95. The molecular weight excluding hydrogens is 259 g/mol. The fourth-order valence-electron chi connectivity index (χ4n) is 1.03. The molecule has 14 heavy (non-hydrogen) atoms. The van der Waals surface area contributed by atoms with Crippen molar-refractivity contribution in [1.82, 2.24) is 0 Å². The van der Waals surface area contributed by atoms with E-state index in [0.717, 1.165) is 0 Å². The number of ether oxygens (including phenoxy) is 2. The van der Waals surface area contributed by atoms with Gasteiger partial charge in [-0.3, -0.25) is 0 Å². The summed E-state index contributed by atoms with van der Waals surface area (Å²) in [6.45, 7) is 7.81. The molecule has 0 aromatic rings. The smallest absolute Gasteiger partial charge is 0.158 e. The Hall–Kier alpha value is 0.763. The van der Waals surface area contributed by atoms with Gasteiger partial charge in [-0.2, -0.15) is 0 Å². The van der Waals surface area contributed by atoms with Crippen molar-refractivity contribution in [3.8, 4) is 0 Å². The summed E-state index contributed by atoms with van der Waals surface area (Å²) in [6.07, 6.45) is 1.39. The van der Waals surface area contributed by atoms with E-state index < -0.39 is 0 Å². The quantitative estimate of drug-likeness (QED) is 0.672. The van der Waals surface area contributed by atoms with Gasteiger partial charge in [-0.25, -0.2) is 5.11 Å². The van der Waals surface area contributed by atoms with Gasteiger partial charge in [0.2, 0.25) is 0 Å². The Morgan fingerprint density at radius 1 is 1.00 bits per heavy atom. The van der Waals surface area contributed by atoms with E-state index in [-0.39, 0.29) is 51.3 Å². The molecule has 0 unspecified atom stereocenters. The third-order valence-electron chi connectivity index (χ3n) is 1.43. The second-order valence-corrected chi connectivity index (χ2v) is 3.65. The molecule has 0 fully saturated rings. The Bertz CT molecular complexity index is 108. The molecule has 0 bridgehead atoms. The first-order chi connectivity index (χ1) is 6.06. The maximum absolute atomic E-state index is 10.3. The summed E-state index contributed by atoms with van der Waals surface area (Å²) >= 11 is 0. The van der Waals surface area contributed by atoms with Crippen LogP contribution in [0.5, 0.6) is 0 Å². The van der Waals surface area contributed by atoms with Crippen molar-refractivity contribution in [2.45, 2.75) is 59.0 Å². The zero-order valence-electron chi connectivity index (χ0n) is 9.58. The van der Waals surface area contributed by atoms with Gasteiger partial charge in [0.25, 0.3) is 0 Å². The standard InChI is InChI=1S/C10H21O3.Zr/c1-8(2)12-10(6-5-7-11)13-9(3)4;/h8-10H,5-7H2,1-4H3;. The van der Waals surface area contributed by atoms with E-state index in [0.29, 0.717) is 12.8 Å². The zero-order chi connectivity index (χ0) is 10.3. The van der Waals surface area contributed by atoms with Crippen LogP contribution in [0.1, 0.15) is 40.5 Å². The van der Waals surface area contributed by atoms with Gasteiger partial charge < -0.3 is 9.47 Å². The molecule has 3 nitrogen and oxygen atoms in total. The van der Waals surface area contributed by atoms with Gasteiger partial charge in [0.05, 0.1) is 18.8 Å². The normalized spacial score (nSPS) is 11.1. The van der Waals surface area contributed by atoms with Crippen LogP contribution in [0.3, 0.4) is 0 Å². The summed E-state index contributed by atoms with van der Waals surface area (Å²) < 4.78 is 11.0. The fourth-order valence-corrected chi connectivity index (χ4v) is 1.03. The molecule has 0 saturated carbocycles. The van der Waals surface area contributed by atoms with Crippen molar-refractivity contribution < 1.29 is 40.8 Å². The van der Waals surface area contributed by atoms with Crippen LogP contribution in [0.15, 0.2) is 0 Å². The van der Waals surface area contributed by atoms with E-state index in [4.69, 9.17) is 9.47 Å². The molecular formula is C10H21O3Zr. The van der Waals surface area contributed by atoms with Crippen molar-refractivity contribution in [1.29, 1.82) is 0 Å². The van der Waals surface area contributed by atoms with Gasteiger partial charge in [0, 0.05) is 32.6 Å². The predicted octanol–water partition coefficient (Wildman–Crippen LogP) is 2.37. The SMILES string of the molecule is CC(C)OC(CCC[O])OC(C)C.[Zr]. The van der Waals surface area contributed by atoms with Crippen LogP contribution in [0.25, 0.3) is 0 Å². The Morgan fingerprint density at radius 3 is 1.71 bits per heavy atom. The Kier molecular flexibility index (Phi) is 12.6. The second-order valence-electron chi connectivity index (χ2n) is 3.65. The van der Waals surface area contributed by atoms with Crippen molar-refractivity contribution in [2.24, 2.45) is 0 Å². The van der Waals surface area contributed by atoms with Crippen LogP contribution in [-0.4, -0.2) is 25.1 Å². The summed E-state index contributed by atoms with van der Waals surface area (Å²) in [6, 6.07) is 0. The van der Waals surface area contributed by atoms with Gasteiger partial charge in [0.1, 0.15) is 0 Å². The minimum Gasteiger partial charge on any atom is -0.350 e. The molecule has 0 saturated heterocycles. The molecule has 1 radical (unpaired) electrons. The molecule has 83 valence electrons. The molecule has 0 aliphatic heterocycles. The van der Waals surface area contributed by atoms with Crippen LogP contribution in [0, 0.1) is 0 Å². The average molecular weight is 280 g/mol. The molecule has 0 aromatic carbocycles. The van der Waals surface area contributed by atoms with Crippen molar-refractivity contribution in [3.63, 3.8) is 0 Å². The maximum Gasteiger partial charge on any atom is 0.158 e. The van der Waals surface area contributed by atoms with Gasteiger partial charge >= 0.3 is 0 Å². The fraction of sp³-hybridized carbons (Fsp3) is 1.00. The minimum absolute atomic E-state index is 0. The summed E-state index contributed by atoms with van der Waals surface area (Å²) in [5, 5.41) is 10.3. The second kappa shape index (κ2) is 10.3. The first kappa shape index (κ1) is 17.2. The number of hydrogen-bond donors (Lipinski definition) is 0. The largest absolute Gasteiger partial charge is 0.350 e. The number of hydrogen-bond acceptors (Lipinski definition) is 2. The summed E-state index contributed by atoms with van der Waals surface area (Å²) in [4.78, 5) is 0. The average Bonchev–Trinajstić information content (AvgIpc) is 1.98. The minimum atomic E-state index is -0.214. The van der Waals surface area contributed by atoms with Crippen LogP contribution < -0.4 is 0 Å². The molecule has 0 rings (SSSR count). The molecule has 0 aliphatic rings. The molecule has 0 aliphatic carbocycles.